The molecule has 0 saturated carbocycles. The van der Waals surface area contributed by atoms with Crippen molar-refractivity contribution >= 4 is 54.0 Å². The average molecular weight is 626 g/mol. The Hall–Kier alpha value is -3.67. The Bertz CT molecular complexity index is 1650. The number of pyridine rings is 2. The lowest BCUT2D eigenvalue weighted by molar-refractivity contribution is 0.0566. The molecule has 1 N–H and O–H groups in total. The zero-order valence-electron chi connectivity index (χ0n) is 25.3. The van der Waals surface area contributed by atoms with Crippen LogP contribution in [0.4, 0.5) is 26.4 Å². The molecule has 1 aromatic carbocycles. The van der Waals surface area contributed by atoms with E-state index in [2.05, 4.69) is 34.9 Å². The van der Waals surface area contributed by atoms with Crippen LogP contribution in [0.2, 0.25) is 30.7 Å². The predicted molar refractivity (Wildman–Crippen MR) is 171 cm³/mol. The first-order valence-corrected chi connectivity index (χ1v) is 18.3. The fourth-order valence-corrected chi connectivity index (χ4v) is 5.53. The minimum Gasteiger partial charge on any atom is -0.486 e. The molecule has 9 nitrogen and oxygen atoms in total. The molecule has 0 fully saturated rings. The molecular weight excluding hydrogens is 589 g/mol. The van der Waals surface area contributed by atoms with E-state index in [4.69, 9.17) is 25.8 Å². The smallest absolute Gasteiger partial charge is 0.416 e. The van der Waals surface area contributed by atoms with E-state index in [1.165, 1.54) is 23.1 Å². The van der Waals surface area contributed by atoms with Gasteiger partial charge < -0.3 is 24.1 Å². The molecule has 4 heterocycles. The Balaban J connectivity index is 1.54. The number of anilines is 3. The molecule has 43 heavy (non-hydrogen) atoms. The Morgan fingerprint density at radius 2 is 1.95 bits per heavy atom. The van der Waals surface area contributed by atoms with E-state index in [-0.39, 0.29) is 30.2 Å². The normalized spacial score (nSPS) is 13.5. The van der Waals surface area contributed by atoms with Crippen LogP contribution >= 0.6 is 11.6 Å². The maximum Gasteiger partial charge on any atom is 0.416 e. The predicted octanol–water partition coefficient (Wildman–Crippen LogP) is 8.08. The Morgan fingerprint density at radius 3 is 2.70 bits per heavy atom. The monoisotopic (exact) mass is 625 g/mol. The van der Waals surface area contributed by atoms with Crippen LogP contribution in [0.3, 0.4) is 0 Å². The average Bonchev–Trinajstić information content (AvgIpc) is 3.34. The number of carbonyl (C=O) groups excluding carboxylic acids is 1. The van der Waals surface area contributed by atoms with Crippen molar-refractivity contribution in [1.29, 1.82) is 0 Å². The molecule has 0 spiro atoms. The second-order valence-electron chi connectivity index (χ2n) is 12.7. The highest BCUT2D eigenvalue weighted by Crippen LogP contribution is 2.43. The van der Waals surface area contributed by atoms with Gasteiger partial charge in [-0.2, -0.15) is 0 Å². The van der Waals surface area contributed by atoms with Gasteiger partial charge >= 0.3 is 6.09 Å². The number of carbonyl (C=O) groups is 1. The molecular formula is C31H37ClFN5O4Si. The van der Waals surface area contributed by atoms with Crippen LogP contribution in [0.15, 0.2) is 48.8 Å². The van der Waals surface area contributed by atoms with E-state index in [0.29, 0.717) is 29.8 Å². The Labute approximate surface area is 256 Å². The lowest BCUT2D eigenvalue weighted by atomic mass is 10.1. The van der Waals surface area contributed by atoms with Gasteiger partial charge in [-0.15, -0.1) is 0 Å². The third kappa shape index (κ3) is 7.28. The molecule has 1 aliphatic heterocycles. The van der Waals surface area contributed by atoms with Crippen molar-refractivity contribution in [2.75, 3.05) is 30.0 Å². The molecule has 4 aromatic rings. The summed E-state index contributed by atoms with van der Waals surface area (Å²) in [7, 11) is -1.20. The van der Waals surface area contributed by atoms with Crippen molar-refractivity contribution in [3.05, 3.63) is 59.6 Å². The minimum absolute atomic E-state index is 0.189. The molecule has 1 aliphatic rings. The minimum atomic E-state index is -1.20. The summed E-state index contributed by atoms with van der Waals surface area (Å²) in [5.74, 6) is 0.0711. The number of fused-ring (bicyclic) bond motifs is 2. The van der Waals surface area contributed by atoms with E-state index >= 15 is 4.39 Å². The molecule has 0 aliphatic carbocycles. The number of hydrogen-bond acceptors (Lipinski definition) is 7. The lowest BCUT2D eigenvalue weighted by Crippen LogP contribution is -2.42. The quantitative estimate of drug-likeness (QED) is 0.156. The standard InChI is InChI=1S/C31H37ClFN5O4Si/c1-31(2,3)42-30(39)38-13-14-41-27-26(18-25(36-29(27)38)22-17-20(32)7-8-23(22)33)35-24-9-11-34-28-21(24)10-12-37(28)19-40-15-16-43(4,5)6/h7-12,17-18H,13-16,19H2,1-6H3,(H,34,35,36). The highest BCUT2D eigenvalue weighted by Gasteiger charge is 2.32. The highest BCUT2D eigenvalue weighted by atomic mass is 35.5. The number of nitrogens with zero attached hydrogens (tertiary/aromatic N) is 4. The van der Waals surface area contributed by atoms with Crippen molar-refractivity contribution in [3.8, 4) is 17.0 Å². The molecule has 1 amide bonds. The topological polar surface area (TPSA) is 90.7 Å². The zero-order valence-corrected chi connectivity index (χ0v) is 27.1. The molecule has 5 rings (SSSR count). The molecule has 0 atom stereocenters. The van der Waals surface area contributed by atoms with Gasteiger partial charge in [0.1, 0.15) is 30.4 Å². The summed E-state index contributed by atoms with van der Waals surface area (Å²) in [6.07, 6.45) is 3.08. The molecule has 228 valence electrons. The van der Waals surface area contributed by atoms with Crippen molar-refractivity contribution in [2.45, 2.75) is 58.8 Å². The number of aromatic nitrogens is 3. The van der Waals surface area contributed by atoms with E-state index in [0.717, 1.165) is 22.8 Å². The zero-order chi connectivity index (χ0) is 30.9. The summed E-state index contributed by atoms with van der Waals surface area (Å²) in [6, 6.07) is 10.8. The summed E-state index contributed by atoms with van der Waals surface area (Å²) < 4.78 is 34.7. The van der Waals surface area contributed by atoms with Gasteiger partial charge in [-0.3, -0.25) is 4.90 Å². The molecule has 12 heteroatoms. The number of ether oxygens (including phenoxy) is 3. The van der Waals surface area contributed by atoms with Crippen molar-refractivity contribution < 1.29 is 23.4 Å². The first-order valence-electron chi connectivity index (χ1n) is 14.2. The number of halogens is 2. The van der Waals surface area contributed by atoms with E-state index in [9.17, 15) is 4.79 Å². The summed E-state index contributed by atoms with van der Waals surface area (Å²) >= 11 is 6.23. The fraction of sp³-hybridized carbons (Fsp3) is 0.387. The SMILES string of the molecule is CC(C)(C)OC(=O)N1CCOc2c(Nc3ccnc4c3ccn4COCC[Si](C)(C)C)cc(-c3cc(Cl)ccc3F)nc21. The first-order chi connectivity index (χ1) is 20.3. The van der Waals surface area contributed by atoms with Gasteiger partial charge in [-0.25, -0.2) is 19.2 Å². The maximum absolute atomic E-state index is 15.1. The summed E-state index contributed by atoms with van der Waals surface area (Å²) in [5.41, 5.74) is 1.74. The van der Waals surface area contributed by atoms with Crippen molar-refractivity contribution in [3.63, 3.8) is 0 Å². The lowest BCUT2D eigenvalue weighted by Gasteiger charge is -2.32. The maximum atomic E-state index is 15.1. The second kappa shape index (κ2) is 12.1. The van der Waals surface area contributed by atoms with Gasteiger partial charge in [-0.05, 0) is 63.2 Å². The van der Waals surface area contributed by atoms with Gasteiger partial charge in [0.05, 0.1) is 23.6 Å². The number of hydrogen-bond donors (Lipinski definition) is 1. The molecule has 0 unspecified atom stereocenters. The summed E-state index contributed by atoms with van der Waals surface area (Å²) in [4.78, 5) is 23.9. The van der Waals surface area contributed by atoms with Crippen LogP contribution in [0.1, 0.15) is 20.8 Å². The fourth-order valence-electron chi connectivity index (χ4n) is 4.60. The number of benzene rings is 1. The van der Waals surface area contributed by atoms with Gasteiger partial charge in [0.15, 0.2) is 11.6 Å². The first kappa shape index (κ1) is 30.8. The molecule has 0 bridgehead atoms. The Kier molecular flexibility index (Phi) is 8.69. The van der Waals surface area contributed by atoms with Crippen LogP contribution in [-0.4, -0.2) is 54.1 Å². The van der Waals surface area contributed by atoms with E-state index in [1.54, 1.807) is 33.0 Å². The van der Waals surface area contributed by atoms with Crippen LogP contribution < -0.4 is 15.0 Å². The number of amides is 1. The van der Waals surface area contributed by atoms with E-state index < -0.39 is 25.6 Å². The van der Waals surface area contributed by atoms with Crippen LogP contribution in [-0.2, 0) is 16.2 Å². The molecule has 0 saturated heterocycles. The summed E-state index contributed by atoms with van der Waals surface area (Å²) in [6.45, 7) is 13.9. The van der Waals surface area contributed by atoms with Gasteiger partial charge in [0, 0.05) is 43.0 Å². The second-order valence-corrected chi connectivity index (χ2v) is 18.7. The largest absolute Gasteiger partial charge is 0.486 e. The number of rotatable bonds is 8. The number of nitrogens with one attached hydrogen (secondary N) is 1. The Morgan fingerprint density at radius 1 is 1.16 bits per heavy atom. The van der Waals surface area contributed by atoms with Gasteiger partial charge in [0.2, 0.25) is 0 Å². The van der Waals surface area contributed by atoms with Gasteiger partial charge in [-0.1, -0.05) is 31.2 Å². The van der Waals surface area contributed by atoms with Crippen LogP contribution in [0.25, 0.3) is 22.3 Å². The third-order valence-corrected chi connectivity index (χ3v) is 8.69. The van der Waals surface area contributed by atoms with Crippen molar-refractivity contribution in [1.82, 2.24) is 14.5 Å². The van der Waals surface area contributed by atoms with E-state index in [1.807, 2.05) is 22.9 Å². The third-order valence-electron chi connectivity index (χ3n) is 6.75. The van der Waals surface area contributed by atoms with Crippen LogP contribution in [0.5, 0.6) is 5.75 Å². The highest BCUT2D eigenvalue weighted by molar-refractivity contribution is 6.76. The molecule has 3 aromatic heterocycles. The van der Waals surface area contributed by atoms with Crippen molar-refractivity contribution in [2.24, 2.45) is 0 Å². The molecule has 0 radical (unpaired) electrons. The van der Waals surface area contributed by atoms with Gasteiger partial charge in [0.25, 0.3) is 0 Å². The summed E-state index contributed by atoms with van der Waals surface area (Å²) in [5, 5.41) is 4.65. The van der Waals surface area contributed by atoms with Crippen LogP contribution in [0, 0.1) is 5.82 Å².